The lowest BCUT2D eigenvalue weighted by Gasteiger charge is -2.23. The molecule has 5 nitrogen and oxygen atoms in total. The average Bonchev–Trinajstić information content (AvgIpc) is 2.67. The predicted molar refractivity (Wildman–Crippen MR) is 115 cm³/mol. The summed E-state index contributed by atoms with van der Waals surface area (Å²) in [5, 5.41) is 6.37. The molecule has 0 atom stereocenters. The third-order valence-corrected chi connectivity index (χ3v) is 4.58. The van der Waals surface area contributed by atoms with Crippen LogP contribution in [0.15, 0.2) is 42.5 Å². The second-order valence-corrected chi connectivity index (χ2v) is 7.78. The lowest BCUT2D eigenvalue weighted by Crippen LogP contribution is -2.24. The lowest BCUT2D eigenvalue weighted by molar-refractivity contribution is -0.116. The van der Waals surface area contributed by atoms with Crippen molar-refractivity contribution in [3.8, 4) is 11.5 Å². The van der Waals surface area contributed by atoms with Crippen LogP contribution in [-0.2, 0) is 16.6 Å². The van der Waals surface area contributed by atoms with Crippen LogP contribution in [0.1, 0.15) is 38.3 Å². The lowest BCUT2D eigenvalue weighted by atomic mass is 9.86. The summed E-state index contributed by atoms with van der Waals surface area (Å²) in [5.41, 5.74) is 3.19. The van der Waals surface area contributed by atoms with E-state index in [-0.39, 0.29) is 11.3 Å². The van der Waals surface area contributed by atoms with Crippen LogP contribution in [0.4, 0.5) is 5.69 Å². The Morgan fingerprint density at radius 2 is 1.68 bits per heavy atom. The molecule has 0 aliphatic carbocycles. The van der Waals surface area contributed by atoms with Crippen LogP contribution in [0.25, 0.3) is 0 Å². The van der Waals surface area contributed by atoms with Crippen LogP contribution >= 0.6 is 0 Å². The zero-order valence-corrected chi connectivity index (χ0v) is 17.6. The number of nitrogens with one attached hydrogen (secondary N) is 2. The van der Waals surface area contributed by atoms with E-state index in [1.165, 1.54) is 0 Å². The standard InChI is InChI=1S/C23H32N2O3/c1-23(2,3)18-8-6-7-9-19(18)25-22(26)13-15-24-14-12-17-10-11-20(27-4)21(16-17)28-5/h6-11,16,24H,12-15H2,1-5H3,(H,25,26). The van der Waals surface area contributed by atoms with E-state index in [2.05, 4.69) is 37.5 Å². The smallest absolute Gasteiger partial charge is 0.225 e. The Kier molecular flexibility index (Phi) is 7.88. The number of anilines is 1. The van der Waals surface area contributed by atoms with Gasteiger partial charge in [-0.25, -0.2) is 0 Å². The first-order valence-electron chi connectivity index (χ1n) is 9.66. The van der Waals surface area contributed by atoms with E-state index in [4.69, 9.17) is 9.47 Å². The number of amides is 1. The first kappa shape index (κ1) is 21.8. The van der Waals surface area contributed by atoms with Gasteiger partial charge in [-0.15, -0.1) is 0 Å². The number of hydrogen-bond acceptors (Lipinski definition) is 4. The summed E-state index contributed by atoms with van der Waals surface area (Å²) in [4.78, 5) is 12.3. The second-order valence-electron chi connectivity index (χ2n) is 7.78. The summed E-state index contributed by atoms with van der Waals surface area (Å²) in [6.07, 6.45) is 1.29. The zero-order valence-electron chi connectivity index (χ0n) is 17.6. The molecular weight excluding hydrogens is 352 g/mol. The van der Waals surface area contributed by atoms with Gasteiger partial charge in [0.05, 0.1) is 14.2 Å². The Morgan fingerprint density at radius 1 is 0.964 bits per heavy atom. The first-order valence-corrected chi connectivity index (χ1v) is 9.66. The van der Waals surface area contributed by atoms with Crippen molar-refractivity contribution < 1.29 is 14.3 Å². The van der Waals surface area contributed by atoms with Crippen molar-refractivity contribution in [3.05, 3.63) is 53.6 Å². The Bertz CT molecular complexity index is 782. The van der Waals surface area contributed by atoms with Crippen molar-refractivity contribution in [2.45, 2.75) is 39.0 Å². The number of carbonyl (C=O) groups excluding carboxylic acids is 1. The number of para-hydroxylation sites is 1. The number of methoxy groups -OCH3 is 2. The third kappa shape index (κ3) is 6.27. The van der Waals surface area contributed by atoms with E-state index in [0.717, 1.165) is 41.3 Å². The fourth-order valence-electron chi connectivity index (χ4n) is 3.05. The highest BCUT2D eigenvalue weighted by molar-refractivity contribution is 5.91. The zero-order chi connectivity index (χ0) is 20.6. The second kappa shape index (κ2) is 10.1. The van der Waals surface area contributed by atoms with Gasteiger partial charge in [0, 0.05) is 18.7 Å². The molecule has 2 aromatic rings. The van der Waals surface area contributed by atoms with Crippen LogP contribution in [0.2, 0.25) is 0 Å². The Labute approximate surface area is 168 Å². The maximum atomic E-state index is 12.3. The molecule has 0 bridgehead atoms. The fourth-order valence-corrected chi connectivity index (χ4v) is 3.05. The SMILES string of the molecule is COc1ccc(CCNCCC(=O)Nc2ccccc2C(C)(C)C)cc1OC. The van der Waals surface area contributed by atoms with Crippen LogP contribution in [0.5, 0.6) is 11.5 Å². The van der Waals surface area contributed by atoms with Crippen molar-refractivity contribution in [2.24, 2.45) is 0 Å². The predicted octanol–water partition coefficient (Wildman–Crippen LogP) is 4.16. The molecule has 0 aromatic heterocycles. The normalized spacial score (nSPS) is 11.2. The van der Waals surface area contributed by atoms with Crippen molar-refractivity contribution in [1.82, 2.24) is 5.32 Å². The molecule has 2 N–H and O–H groups in total. The maximum absolute atomic E-state index is 12.3. The molecule has 0 fully saturated rings. The molecule has 0 saturated carbocycles. The maximum Gasteiger partial charge on any atom is 0.225 e. The number of benzene rings is 2. The van der Waals surface area contributed by atoms with Gasteiger partial charge in [-0.1, -0.05) is 45.0 Å². The quantitative estimate of drug-likeness (QED) is 0.637. The molecule has 0 aliphatic heterocycles. The molecule has 0 unspecified atom stereocenters. The average molecular weight is 385 g/mol. The van der Waals surface area contributed by atoms with Gasteiger partial charge in [0.25, 0.3) is 0 Å². The van der Waals surface area contributed by atoms with E-state index >= 15 is 0 Å². The van der Waals surface area contributed by atoms with Crippen LogP contribution < -0.4 is 20.1 Å². The number of hydrogen-bond donors (Lipinski definition) is 2. The Morgan fingerprint density at radius 3 is 2.36 bits per heavy atom. The number of ether oxygens (including phenoxy) is 2. The van der Waals surface area contributed by atoms with Gasteiger partial charge in [-0.2, -0.15) is 0 Å². The molecule has 0 spiro atoms. The molecule has 28 heavy (non-hydrogen) atoms. The van der Waals surface area contributed by atoms with Crippen LogP contribution in [-0.4, -0.2) is 33.2 Å². The fraction of sp³-hybridized carbons (Fsp3) is 0.435. The van der Waals surface area contributed by atoms with Crippen molar-refractivity contribution in [3.63, 3.8) is 0 Å². The molecule has 152 valence electrons. The molecule has 0 heterocycles. The molecule has 1 amide bonds. The highest BCUT2D eigenvalue weighted by atomic mass is 16.5. The molecule has 0 saturated heterocycles. The molecule has 2 aromatic carbocycles. The van der Waals surface area contributed by atoms with Crippen LogP contribution in [0, 0.1) is 0 Å². The highest BCUT2D eigenvalue weighted by Crippen LogP contribution is 2.29. The van der Waals surface area contributed by atoms with Gasteiger partial charge in [0.2, 0.25) is 5.91 Å². The highest BCUT2D eigenvalue weighted by Gasteiger charge is 2.18. The minimum absolute atomic E-state index is 0.0124. The van der Waals surface area contributed by atoms with E-state index in [0.29, 0.717) is 13.0 Å². The third-order valence-electron chi connectivity index (χ3n) is 4.58. The summed E-state index contributed by atoms with van der Waals surface area (Å²) in [5.74, 6) is 1.48. The van der Waals surface area contributed by atoms with Crippen molar-refractivity contribution in [1.29, 1.82) is 0 Å². The molecular formula is C23H32N2O3. The molecule has 5 heteroatoms. The van der Waals surface area contributed by atoms with Gasteiger partial charge < -0.3 is 20.1 Å². The number of rotatable bonds is 9. The molecule has 0 aliphatic rings. The van der Waals surface area contributed by atoms with E-state index in [9.17, 15) is 4.79 Å². The van der Waals surface area contributed by atoms with Gasteiger partial charge in [0.1, 0.15) is 0 Å². The van der Waals surface area contributed by atoms with Crippen molar-refractivity contribution in [2.75, 3.05) is 32.6 Å². The largest absolute Gasteiger partial charge is 0.493 e. The van der Waals surface area contributed by atoms with Gasteiger partial charge >= 0.3 is 0 Å². The number of carbonyl (C=O) groups is 1. The molecule has 0 radical (unpaired) electrons. The minimum Gasteiger partial charge on any atom is -0.493 e. The first-order chi connectivity index (χ1) is 13.3. The topological polar surface area (TPSA) is 59.6 Å². The van der Waals surface area contributed by atoms with Crippen LogP contribution in [0.3, 0.4) is 0 Å². The summed E-state index contributed by atoms with van der Waals surface area (Å²) in [7, 11) is 3.26. The Balaban J connectivity index is 1.77. The van der Waals surface area contributed by atoms with Gasteiger partial charge in [-0.3, -0.25) is 4.79 Å². The molecule has 2 rings (SSSR count). The van der Waals surface area contributed by atoms with E-state index < -0.39 is 0 Å². The Hall–Kier alpha value is -2.53. The minimum atomic E-state index is -0.0124. The van der Waals surface area contributed by atoms with E-state index in [1.807, 2.05) is 36.4 Å². The van der Waals surface area contributed by atoms with Crippen molar-refractivity contribution >= 4 is 11.6 Å². The summed E-state index contributed by atoms with van der Waals surface area (Å²) >= 11 is 0. The summed E-state index contributed by atoms with van der Waals surface area (Å²) < 4.78 is 10.6. The monoisotopic (exact) mass is 384 g/mol. The summed E-state index contributed by atoms with van der Waals surface area (Å²) in [6.45, 7) is 7.87. The van der Waals surface area contributed by atoms with Gasteiger partial charge in [0.15, 0.2) is 11.5 Å². The summed E-state index contributed by atoms with van der Waals surface area (Å²) in [6, 6.07) is 13.9. The van der Waals surface area contributed by atoms with E-state index in [1.54, 1.807) is 14.2 Å². The van der Waals surface area contributed by atoms with Gasteiger partial charge in [-0.05, 0) is 47.7 Å².